The minimum atomic E-state index is 0.100. The van der Waals surface area contributed by atoms with Gasteiger partial charge in [0, 0.05) is 24.7 Å². The van der Waals surface area contributed by atoms with E-state index in [0.717, 1.165) is 35.0 Å². The van der Waals surface area contributed by atoms with Gasteiger partial charge >= 0.3 is 0 Å². The number of carbonyl (C=O) groups excluding carboxylic acids is 1. The van der Waals surface area contributed by atoms with E-state index in [2.05, 4.69) is 22.9 Å². The molecule has 1 aliphatic heterocycles. The molecule has 0 unspecified atom stereocenters. The molecule has 0 spiro atoms. The first-order chi connectivity index (χ1) is 9.22. The molecule has 4 heteroatoms. The summed E-state index contributed by atoms with van der Waals surface area (Å²) in [5.74, 6) is 1.11. The van der Waals surface area contributed by atoms with E-state index in [9.17, 15) is 4.79 Å². The zero-order valence-electron chi connectivity index (χ0n) is 11.2. The molecule has 0 aromatic heterocycles. The van der Waals surface area contributed by atoms with Crippen LogP contribution in [0.15, 0.2) is 22.7 Å². The van der Waals surface area contributed by atoms with E-state index in [-0.39, 0.29) is 11.7 Å². The Labute approximate surface area is 122 Å². The van der Waals surface area contributed by atoms with Gasteiger partial charge in [-0.2, -0.15) is 0 Å². The molecular weight excluding hydrogens is 308 g/mol. The third-order valence-electron chi connectivity index (χ3n) is 3.27. The van der Waals surface area contributed by atoms with Gasteiger partial charge in [-0.3, -0.25) is 4.79 Å². The summed E-state index contributed by atoms with van der Waals surface area (Å²) in [6.07, 6.45) is 2.62. The van der Waals surface area contributed by atoms with Crippen molar-refractivity contribution in [2.45, 2.75) is 26.2 Å². The van der Waals surface area contributed by atoms with Gasteiger partial charge in [-0.25, -0.2) is 0 Å². The van der Waals surface area contributed by atoms with Crippen molar-refractivity contribution in [3.63, 3.8) is 0 Å². The fourth-order valence-electron chi connectivity index (χ4n) is 2.18. The van der Waals surface area contributed by atoms with E-state index in [1.165, 1.54) is 0 Å². The Kier molecular flexibility index (Phi) is 5.40. The Balaban J connectivity index is 2.07. The van der Waals surface area contributed by atoms with Gasteiger partial charge in [-0.1, -0.05) is 6.92 Å². The van der Waals surface area contributed by atoms with E-state index >= 15 is 0 Å². The maximum absolute atomic E-state index is 12.4. The van der Waals surface area contributed by atoms with Crippen molar-refractivity contribution in [3.8, 4) is 5.75 Å². The van der Waals surface area contributed by atoms with Crippen LogP contribution in [-0.2, 0) is 4.74 Å². The van der Waals surface area contributed by atoms with Crippen LogP contribution >= 0.6 is 15.9 Å². The molecule has 1 heterocycles. The van der Waals surface area contributed by atoms with Crippen LogP contribution in [0.25, 0.3) is 0 Å². The molecule has 0 saturated carbocycles. The smallest absolute Gasteiger partial charge is 0.166 e. The molecule has 19 heavy (non-hydrogen) atoms. The normalized spacial score (nSPS) is 16.3. The summed E-state index contributed by atoms with van der Waals surface area (Å²) in [6, 6.07) is 5.59. The third-order valence-corrected chi connectivity index (χ3v) is 3.89. The molecule has 1 aliphatic rings. The van der Waals surface area contributed by atoms with Crippen molar-refractivity contribution >= 4 is 21.7 Å². The van der Waals surface area contributed by atoms with Gasteiger partial charge < -0.3 is 9.47 Å². The number of benzene rings is 1. The number of hydrogen-bond acceptors (Lipinski definition) is 3. The molecule has 1 fully saturated rings. The topological polar surface area (TPSA) is 35.5 Å². The molecule has 0 aliphatic carbocycles. The lowest BCUT2D eigenvalue weighted by Crippen LogP contribution is -2.23. The quantitative estimate of drug-likeness (QED) is 0.771. The van der Waals surface area contributed by atoms with E-state index in [1.807, 2.05) is 18.2 Å². The zero-order valence-corrected chi connectivity index (χ0v) is 12.7. The van der Waals surface area contributed by atoms with Crippen LogP contribution in [0.3, 0.4) is 0 Å². The number of ether oxygens (including phenoxy) is 2. The molecule has 1 aromatic carbocycles. The van der Waals surface area contributed by atoms with Crippen LogP contribution in [-0.4, -0.2) is 25.6 Å². The Morgan fingerprint density at radius 3 is 2.79 bits per heavy atom. The summed E-state index contributed by atoms with van der Waals surface area (Å²) < 4.78 is 11.7. The predicted molar refractivity (Wildman–Crippen MR) is 77.8 cm³/mol. The maximum atomic E-state index is 12.4. The lowest BCUT2D eigenvalue weighted by Gasteiger charge is -2.21. The van der Waals surface area contributed by atoms with Crippen LogP contribution in [0.2, 0.25) is 0 Å². The lowest BCUT2D eigenvalue weighted by molar-refractivity contribution is 0.0545. The van der Waals surface area contributed by atoms with Crippen molar-refractivity contribution in [1.29, 1.82) is 0 Å². The first kappa shape index (κ1) is 14.5. The highest BCUT2D eigenvalue weighted by atomic mass is 79.9. The number of hydrogen-bond donors (Lipinski definition) is 0. The number of Topliss-reactive ketones (excluding diaryl/α,β-unsaturated/α-hetero) is 1. The molecular formula is C15H19BrO3. The second-order valence-corrected chi connectivity index (χ2v) is 5.60. The van der Waals surface area contributed by atoms with Crippen LogP contribution in [0, 0.1) is 5.92 Å². The van der Waals surface area contributed by atoms with Crippen molar-refractivity contribution in [2.24, 2.45) is 5.92 Å². The van der Waals surface area contributed by atoms with Crippen molar-refractivity contribution in [1.82, 2.24) is 0 Å². The predicted octanol–water partition coefficient (Wildman–Crippen LogP) is 3.85. The minimum absolute atomic E-state index is 0.100. The Hall–Kier alpha value is -0.870. The van der Waals surface area contributed by atoms with Crippen molar-refractivity contribution in [2.75, 3.05) is 19.8 Å². The Morgan fingerprint density at radius 2 is 2.16 bits per heavy atom. The fraction of sp³-hybridized carbons (Fsp3) is 0.533. The minimum Gasteiger partial charge on any atom is -0.492 e. The second-order valence-electron chi connectivity index (χ2n) is 4.74. The SMILES string of the molecule is CCCOc1ccc(C(=O)C2CCOCC2)cc1Br. The summed E-state index contributed by atoms with van der Waals surface area (Å²) in [5.41, 5.74) is 0.752. The average Bonchev–Trinajstić information content (AvgIpc) is 2.46. The fourth-order valence-corrected chi connectivity index (χ4v) is 2.67. The Morgan fingerprint density at radius 1 is 1.42 bits per heavy atom. The molecule has 1 saturated heterocycles. The molecule has 0 radical (unpaired) electrons. The summed E-state index contributed by atoms with van der Waals surface area (Å²) in [4.78, 5) is 12.4. The lowest BCUT2D eigenvalue weighted by atomic mass is 9.91. The monoisotopic (exact) mass is 326 g/mol. The van der Waals surface area contributed by atoms with Crippen LogP contribution < -0.4 is 4.74 Å². The first-order valence-electron chi connectivity index (χ1n) is 6.76. The van der Waals surface area contributed by atoms with Gasteiger partial charge in [-0.15, -0.1) is 0 Å². The van der Waals surface area contributed by atoms with E-state index in [1.54, 1.807) is 0 Å². The number of ketones is 1. The highest BCUT2D eigenvalue weighted by Crippen LogP contribution is 2.28. The number of rotatable bonds is 5. The molecule has 3 nitrogen and oxygen atoms in total. The van der Waals surface area contributed by atoms with Gasteiger partial charge in [0.1, 0.15) is 5.75 Å². The highest BCUT2D eigenvalue weighted by Gasteiger charge is 2.23. The van der Waals surface area contributed by atoms with Gasteiger partial charge in [0.05, 0.1) is 11.1 Å². The summed E-state index contributed by atoms with van der Waals surface area (Å²) in [6.45, 7) is 4.13. The van der Waals surface area contributed by atoms with Crippen LogP contribution in [0.1, 0.15) is 36.5 Å². The molecule has 0 N–H and O–H groups in total. The molecule has 0 amide bonds. The second kappa shape index (κ2) is 7.06. The molecule has 0 bridgehead atoms. The number of halogens is 1. The molecule has 0 atom stereocenters. The van der Waals surface area contributed by atoms with Gasteiger partial charge in [0.15, 0.2) is 5.78 Å². The summed E-state index contributed by atoms with van der Waals surface area (Å²) in [5, 5.41) is 0. The molecule has 104 valence electrons. The number of carbonyl (C=O) groups is 1. The summed E-state index contributed by atoms with van der Waals surface area (Å²) in [7, 11) is 0. The van der Waals surface area contributed by atoms with Gasteiger partial charge in [-0.05, 0) is 53.4 Å². The van der Waals surface area contributed by atoms with Crippen LogP contribution in [0.5, 0.6) is 5.75 Å². The zero-order chi connectivity index (χ0) is 13.7. The van der Waals surface area contributed by atoms with E-state index in [4.69, 9.17) is 9.47 Å². The van der Waals surface area contributed by atoms with Gasteiger partial charge in [0.25, 0.3) is 0 Å². The standard InChI is InChI=1S/C15H19BrO3/c1-2-7-19-14-4-3-12(10-13(14)16)15(17)11-5-8-18-9-6-11/h3-4,10-11H,2,5-9H2,1H3. The first-order valence-corrected chi connectivity index (χ1v) is 7.56. The Bertz CT molecular complexity index is 439. The third kappa shape index (κ3) is 3.80. The van der Waals surface area contributed by atoms with Gasteiger partial charge in [0.2, 0.25) is 0 Å². The molecule has 2 rings (SSSR count). The average molecular weight is 327 g/mol. The summed E-state index contributed by atoms with van der Waals surface area (Å²) >= 11 is 3.47. The largest absolute Gasteiger partial charge is 0.492 e. The van der Waals surface area contributed by atoms with Crippen molar-refractivity contribution in [3.05, 3.63) is 28.2 Å². The highest BCUT2D eigenvalue weighted by molar-refractivity contribution is 9.10. The van der Waals surface area contributed by atoms with Crippen LogP contribution in [0.4, 0.5) is 0 Å². The van der Waals surface area contributed by atoms with Crippen molar-refractivity contribution < 1.29 is 14.3 Å². The maximum Gasteiger partial charge on any atom is 0.166 e. The molecule has 1 aromatic rings. The van der Waals surface area contributed by atoms with E-state index < -0.39 is 0 Å². The van der Waals surface area contributed by atoms with E-state index in [0.29, 0.717) is 19.8 Å².